The third-order valence-corrected chi connectivity index (χ3v) is 7.87. The van der Waals surface area contributed by atoms with Crippen LogP contribution in [-0.2, 0) is 21.6 Å². The number of fused-ring (bicyclic) bond motifs is 1. The summed E-state index contributed by atoms with van der Waals surface area (Å²) in [4.78, 5) is 32.7. The normalized spacial score (nSPS) is 20.1. The Balaban J connectivity index is 1.40. The molecule has 2 amide bonds. The van der Waals surface area contributed by atoms with E-state index in [1.165, 1.54) is 0 Å². The summed E-state index contributed by atoms with van der Waals surface area (Å²) in [7, 11) is 0. The van der Waals surface area contributed by atoms with Gasteiger partial charge in [0, 0.05) is 41.5 Å². The van der Waals surface area contributed by atoms with Gasteiger partial charge in [0.05, 0.1) is 11.1 Å². The van der Waals surface area contributed by atoms with Crippen LogP contribution in [0.5, 0.6) is 0 Å². The van der Waals surface area contributed by atoms with Crippen LogP contribution in [0.25, 0.3) is 10.9 Å². The second-order valence-corrected chi connectivity index (χ2v) is 11.5. The zero-order valence-corrected chi connectivity index (χ0v) is 22.8. The van der Waals surface area contributed by atoms with Crippen LogP contribution in [-0.4, -0.2) is 45.9 Å². The first-order valence-corrected chi connectivity index (χ1v) is 13.3. The van der Waals surface area contributed by atoms with Gasteiger partial charge in [-0.15, -0.1) is 0 Å². The molecule has 0 saturated carbocycles. The molecule has 4 rings (SSSR count). The number of carbonyl (C=O) groups is 2. The maximum absolute atomic E-state index is 13.6. The van der Waals surface area contributed by atoms with Crippen LogP contribution in [0.1, 0.15) is 51.7 Å². The van der Waals surface area contributed by atoms with Crippen molar-refractivity contribution in [1.29, 1.82) is 0 Å². The van der Waals surface area contributed by atoms with Gasteiger partial charge < -0.3 is 15.3 Å². The Morgan fingerprint density at radius 3 is 2.51 bits per heavy atom. The number of nitrogens with one attached hydrogen (secondary N) is 1. The van der Waals surface area contributed by atoms with Crippen LogP contribution < -0.4 is 5.32 Å². The maximum Gasteiger partial charge on any atom is 0.245 e. The summed E-state index contributed by atoms with van der Waals surface area (Å²) in [5, 5.41) is 16.3. The van der Waals surface area contributed by atoms with E-state index >= 15 is 0 Å². The van der Waals surface area contributed by atoms with Gasteiger partial charge in [0.15, 0.2) is 0 Å². The number of rotatable bonds is 7. The molecule has 0 aliphatic carbocycles. The number of hydrogen-bond acceptors (Lipinski definition) is 4. The van der Waals surface area contributed by atoms with Gasteiger partial charge in [-0.3, -0.25) is 14.6 Å². The number of halogens is 1. The van der Waals surface area contributed by atoms with Crippen molar-refractivity contribution in [3.8, 4) is 0 Å². The average molecular weight is 522 g/mol. The smallest absolute Gasteiger partial charge is 0.245 e. The number of amides is 2. The predicted octanol–water partition coefficient (Wildman–Crippen LogP) is 5.11. The molecule has 2 N–H and O–H groups in total. The Hall–Kier alpha value is -2.96. The molecule has 2 aromatic carbocycles. The second-order valence-electron chi connectivity index (χ2n) is 11.1. The topological polar surface area (TPSA) is 82.5 Å². The molecule has 196 valence electrons. The molecular formula is C30H36ClN3O3. The average Bonchev–Trinajstić information content (AvgIpc) is 2.87. The minimum atomic E-state index is -1.08. The first kappa shape index (κ1) is 27.1. The van der Waals surface area contributed by atoms with Gasteiger partial charge in [0.1, 0.15) is 6.04 Å². The fourth-order valence-electron chi connectivity index (χ4n) is 5.24. The van der Waals surface area contributed by atoms with E-state index in [2.05, 4.69) is 16.4 Å². The van der Waals surface area contributed by atoms with Crippen molar-refractivity contribution in [3.63, 3.8) is 0 Å². The lowest BCUT2D eigenvalue weighted by molar-refractivity contribution is -0.156. The molecule has 37 heavy (non-hydrogen) atoms. The number of piperidine rings is 1. The van der Waals surface area contributed by atoms with Gasteiger partial charge in [0.2, 0.25) is 11.8 Å². The lowest BCUT2D eigenvalue weighted by Crippen LogP contribution is -2.60. The SMILES string of the molecule is CC(C)[C@@H](NC(=O)CCc1cnc2ccccc2c1)C(=O)N1CC[C@](O)(c2ccc(Cl)cc2)C(C)(C)C1. The minimum absolute atomic E-state index is 0.0704. The number of aryl methyl sites for hydroxylation is 1. The van der Waals surface area contributed by atoms with Crippen LogP contribution in [0.2, 0.25) is 5.02 Å². The molecule has 0 unspecified atom stereocenters. The molecular weight excluding hydrogens is 486 g/mol. The molecule has 2 heterocycles. The number of benzene rings is 2. The number of para-hydroxylation sites is 1. The van der Waals surface area contributed by atoms with E-state index in [0.717, 1.165) is 22.0 Å². The number of aromatic nitrogens is 1. The molecule has 7 heteroatoms. The Labute approximate surface area is 224 Å². The van der Waals surface area contributed by atoms with Crippen LogP contribution in [0.3, 0.4) is 0 Å². The zero-order valence-electron chi connectivity index (χ0n) is 22.0. The van der Waals surface area contributed by atoms with Gasteiger partial charge in [0.25, 0.3) is 0 Å². The van der Waals surface area contributed by atoms with E-state index in [9.17, 15) is 14.7 Å². The highest BCUT2D eigenvalue weighted by Crippen LogP contribution is 2.46. The molecule has 0 radical (unpaired) electrons. The quantitative estimate of drug-likeness (QED) is 0.452. The van der Waals surface area contributed by atoms with E-state index < -0.39 is 17.1 Å². The molecule has 1 aliphatic rings. The summed E-state index contributed by atoms with van der Waals surface area (Å²) in [6.07, 6.45) is 3.03. The Morgan fingerprint density at radius 2 is 1.84 bits per heavy atom. The standard InChI is InChI=1S/C30H36ClN3O3/c1-20(2)27(33-26(35)14-9-21-17-22-7-5-6-8-25(22)32-18-21)28(36)34-16-15-30(37,29(3,4)19-34)23-10-12-24(31)13-11-23/h5-8,10-13,17-18,20,27,37H,9,14-16,19H2,1-4H3,(H,33,35)/t27-,30+/m1/s1. The van der Waals surface area contributed by atoms with Gasteiger partial charge in [-0.1, -0.05) is 69.6 Å². The van der Waals surface area contributed by atoms with Gasteiger partial charge >= 0.3 is 0 Å². The molecule has 0 spiro atoms. The Bertz CT molecular complexity index is 1270. The van der Waals surface area contributed by atoms with Crippen molar-refractivity contribution in [2.45, 2.75) is 58.6 Å². The summed E-state index contributed by atoms with van der Waals surface area (Å²) in [5.74, 6) is -0.338. The lowest BCUT2D eigenvalue weighted by Gasteiger charge is -2.51. The first-order chi connectivity index (χ1) is 17.5. The Kier molecular flexibility index (Phi) is 7.91. The van der Waals surface area contributed by atoms with E-state index in [-0.39, 0.29) is 24.2 Å². The highest BCUT2D eigenvalue weighted by atomic mass is 35.5. The third-order valence-electron chi connectivity index (χ3n) is 7.62. The fourth-order valence-corrected chi connectivity index (χ4v) is 5.36. The molecule has 1 aliphatic heterocycles. The fraction of sp³-hybridized carbons (Fsp3) is 0.433. The van der Waals surface area contributed by atoms with Gasteiger partial charge in [-0.05, 0) is 54.2 Å². The Morgan fingerprint density at radius 1 is 1.14 bits per heavy atom. The van der Waals surface area contributed by atoms with Crippen molar-refractivity contribution < 1.29 is 14.7 Å². The van der Waals surface area contributed by atoms with Crippen molar-refractivity contribution in [2.75, 3.05) is 13.1 Å². The first-order valence-electron chi connectivity index (χ1n) is 12.9. The highest BCUT2D eigenvalue weighted by Gasteiger charge is 2.50. The molecule has 6 nitrogen and oxygen atoms in total. The number of aliphatic hydroxyl groups is 1. The summed E-state index contributed by atoms with van der Waals surface area (Å²) in [6, 6.07) is 16.6. The van der Waals surface area contributed by atoms with Gasteiger partial charge in [-0.25, -0.2) is 0 Å². The number of pyridine rings is 1. The number of likely N-dealkylation sites (tertiary alicyclic amines) is 1. The molecule has 2 atom stereocenters. The van der Waals surface area contributed by atoms with E-state index in [1.54, 1.807) is 23.2 Å². The lowest BCUT2D eigenvalue weighted by atomic mass is 9.66. The number of hydrogen-bond donors (Lipinski definition) is 2. The minimum Gasteiger partial charge on any atom is -0.384 e. The number of carbonyl (C=O) groups excluding carboxylic acids is 2. The van der Waals surface area contributed by atoms with Crippen molar-refractivity contribution in [1.82, 2.24) is 15.2 Å². The summed E-state index contributed by atoms with van der Waals surface area (Å²) in [5.41, 5.74) is 1.03. The molecule has 3 aromatic rings. The predicted molar refractivity (Wildman–Crippen MR) is 147 cm³/mol. The zero-order chi connectivity index (χ0) is 26.8. The van der Waals surface area contributed by atoms with Crippen LogP contribution in [0.15, 0.2) is 60.8 Å². The van der Waals surface area contributed by atoms with E-state index in [4.69, 9.17) is 11.6 Å². The van der Waals surface area contributed by atoms with E-state index in [0.29, 0.717) is 31.0 Å². The highest BCUT2D eigenvalue weighted by molar-refractivity contribution is 6.30. The van der Waals surface area contributed by atoms with Crippen molar-refractivity contribution in [3.05, 3.63) is 76.9 Å². The van der Waals surface area contributed by atoms with E-state index in [1.807, 2.05) is 64.1 Å². The molecule has 0 bridgehead atoms. The molecule has 1 aromatic heterocycles. The van der Waals surface area contributed by atoms with Crippen molar-refractivity contribution >= 4 is 34.3 Å². The van der Waals surface area contributed by atoms with Crippen LogP contribution in [0, 0.1) is 11.3 Å². The molecule has 1 fully saturated rings. The summed E-state index contributed by atoms with van der Waals surface area (Å²) in [6.45, 7) is 8.61. The third kappa shape index (κ3) is 5.81. The van der Waals surface area contributed by atoms with Gasteiger partial charge in [-0.2, -0.15) is 0 Å². The largest absolute Gasteiger partial charge is 0.384 e. The monoisotopic (exact) mass is 521 g/mol. The maximum atomic E-state index is 13.6. The number of nitrogens with zero attached hydrogens (tertiary/aromatic N) is 2. The van der Waals surface area contributed by atoms with Crippen LogP contribution in [0.4, 0.5) is 0 Å². The second kappa shape index (κ2) is 10.8. The summed E-state index contributed by atoms with van der Waals surface area (Å²) < 4.78 is 0. The molecule has 1 saturated heterocycles. The summed E-state index contributed by atoms with van der Waals surface area (Å²) >= 11 is 6.05. The van der Waals surface area contributed by atoms with Crippen molar-refractivity contribution in [2.24, 2.45) is 11.3 Å². The van der Waals surface area contributed by atoms with Crippen LogP contribution >= 0.6 is 11.6 Å².